The summed E-state index contributed by atoms with van der Waals surface area (Å²) < 4.78 is 6.57. The van der Waals surface area contributed by atoms with Crippen LogP contribution in [0.1, 0.15) is 25.0 Å². The lowest BCUT2D eigenvalue weighted by molar-refractivity contribution is 0.0244. The van der Waals surface area contributed by atoms with Gasteiger partial charge >= 0.3 is 0 Å². The lowest BCUT2D eigenvalue weighted by Crippen LogP contribution is -2.47. The maximum absolute atomic E-state index is 6.57. The fourth-order valence-corrected chi connectivity index (χ4v) is 4.42. The molecule has 0 aromatic heterocycles. The summed E-state index contributed by atoms with van der Waals surface area (Å²) >= 11 is 0. The van der Waals surface area contributed by atoms with Crippen molar-refractivity contribution in [2.75, 3.05) is 0 Å². The van der Waals surface area contributed by atoms with Crippen LogP contribution in [0.3, 0.4) is 0 Å². The molecule has 0 fully saturated rings. The van der Waals surface area contributed by atoms with Crippen molar-refractivity contribution in [2.45, 2.75) is 51.9 Å². The van der Waals surface area contributed by atoms with Crippen molar-refractivity contribution in [2.24, 2.45) is 5.92 Å². The predicted molar refractivity (Wildman–Crippen MR) is 75.9 cm³/mol. The zero-order valence-corrected chi connectivity index (χ0v) is 12.7. The summed E-state index contributed by atoms with van der Waals surface area (Å²) in [6, 6.07) is 8.80. The van der Waals surface area contributed by atoms with Crippen molar-refractivity contribution in [1.29, 1.82) is 0 Å². The van der Waals surface area contributed by atoms with Gasteiger partial charge in [-0.15, -0.1) is 0 Å². The van der Waals surface area contributed by atoms with Crippen LogP contribution in [-0.4, -0.2) is 13.9 Å². The van der Waals surface area contributed by atoms with Crippen LogP contribution in [0.5, 0.6) is 0 Å². The first kappa shape index (κ1) is 12.8. The van der Waals surface area contributed by atoms with Crippen LogP contribution in [0.2, 0.25) is 19.6 Å². The highest BCUT2D eigenvalue weighted by molar-refractivity contribution is 6.69. The van der Waals surface area contributed by atoms with E-state index < -0.39 is 8.32 Å². The monoisotopic (exact) mass is 248 g/mol. The molecule has 0 saturated heterocycles. The van der Waals surface area contributed by atoms with Gasteiger partial charge < -0.3 is 4.43 Å². The smallest absolute Gasteiger partial charge is 0.184 e. The molecule has 0 amide bonds. The molecule has 0 heterocycles. The van der Waals surface area contributed by atoms with Crippen LogP contribution in [0, 0.1) is 5.92 Å². The normalized spacial score (nSPS) is 18.5. The van der Waals surface area contributed by atoms with E-state index in [-0.39, 0.29) is 5.60 Å². The van der Waals surface area contributed by atoms with E-state index in [1.807, 2.05) is 0 Å². The first-order chi connectivity index (χ1) is 7.82. The van der Waals surface area contributed by atoms with Crippen LogP contribution in [0.15, 0.2) is 24.3 Å². The molecular weight excluding hydrogens is 224 g/mol. The summed E-state index contributed by atoms with van der Waals surface area (Å²) in [5, 5.41) is 0. The molecule has 0 bridgehead atoms. The van der Waals surface area contributed by atoms with Gasteiger partial charge in [-0.1, -0.05) is 38.1 Å². The van der Waals surface area contributed by atoms with Crippen LogP contribution in [0.25, 0.3) is 0 Å². The zero-order chi connectivity index (χ0) is 12.7. The third-order valence-electron chi connectivity index (χ3n) is 3.66. The van der Waals surface area contributed by atoms with E-state index in [0.29, 0.717) is 5.92 Å². The third kappa shape index (κ3) is 2.63. The summed E-state index contributed by atoms with van der Waals surface area (Å²) in [5.74, 6) is 0.571. The van der Waals surface area contributed by atoms with E-state index in [4.69, 9.17) is 4.43 Å². The van der Waals surface area contributed by atoms with E-state index >= 15 is 0 Å². The van der Waals surface area contributed by atoms with Gasteiger partial charge in [0.15, 0.2) is 8.32 Å². The molecule has 1 aliphatic carbocycles. The molecule has 1 nitrogen and oxygen atoms in total. The second-order valence-electron chi connectivity index (χ2n) is 6.56. The molecule has 94 valence electrons. The molecular formula is C15H24OSi. The molecule has 1 aliphatic rings. The first-order valence-electron chi connectivity index (χ1n) is 6.59. The highest BCUT2D eigenvalue weighted by atomic mass is 28.4. The number of benzene rings is 1. The topological polar surface area (TPSA) is 9.23 Å². The van der Waals surface area contributed by atoms with E-state index in [0.717, 1.165) is 12.8 Å². The van der Waals surface area contributed by atoms with Gasteiger partial charge in [-0.2, -0.15) is 0 Å². The zero-order valence-electron chi connectivity index (χ0n) is 11.7. The van der Waals surface area contributed by atoms with Crippen molar-refractivity contribution in [1.82, 2.24) is 0 Å². The molecule has 0 unspecified atom stereocenters. The Morgan fingerprint density at radius 2 is 1.53 bits per heavy atom. The molecule has 1 aromatic carbocycles. The minimum absolute atomic E-state index is 0.0498. The Morgan fingerprint density at radius 3 is 1.88 bits per heavy atom. The molecule has 0 saturated carbocycles. The van der Waals surface area contributed by atoms with Gasteiger partial charge in [0.1, 0.15) is 0 Å². The fraction of sp³-hybridized carbons (Fsp3) is 0.600. The van der Waals surface area contributed by atoms with E-state index in [9.17, 15) is 0 Å². The van der Waals surface area contributed by atoms with Crippen LogP contribution < -0.4 is 0 Å². The molecule has 0 aliphatic heterocycles. The molecule has 0 atom stereocenters. The quantitative estimate of drug-likeness (QED) is 0.734. The van der Waals surface area contributed by atoms with Crippen molar-refractivity contribution in [3.05, 3.63) is 35.4 Å². The Balaban J connectivity index is 2.29. The predicted octanol–water partition coefficient (Wildman–Crippen LogP) is 4.03. The summed E-state index contributed by atoms with van der Waals surface area (Å²) in [6.45, 7) is 11.5. The van der Waals surface area contributed by atoms with Gasteiger partial charge in [-0.3, -0.25) is 0 Å². The minimum atomic E-state index is -1.50. The van der Waals surface area contributed by atoms with Crippen molar-refractivity contribution in [3.63, 3.8) is 0 Å². The summed E-state index contributed by atoms with van der Waals surface area (Å²) in [5.41, 5.74) is 3.02. The Morgan fingerprint density at radius 1 is 1.06 bits per heavy atom. The van der Waals surface area contributed by atoms with Gasteiger partial charge in [-0.25, -0.2) is 0 Å². The lowest BCUT2D eigenvalue weighted by atomic mass is 9.87. The lowest BCUT2D eigenvalue weighted by Gasteiger charge is -2.39. The van der Waals surface area contributed by atoms with E-state index in [1.54, 1.807) is 0 Å². The van der Waals surface area contributed by atoms with Gasteiger partial charge in [0, 0.05) is 12.8 Å². The van der Waals surface area contributed by atoms with Crippen LogP contribution >= 0.6 is 0 Å². The van der Waals surface area contributed by atoms with Crippen molar-refractivity contribution in [3.8, 4) is 0 Å². The Labute approximate surface area is 106 Å². The number of fused-ring (bicyclic) bond motifs is 1. The van der Waals surface area contributed by atoms with Gasteiger partial charge in [0.25, 0.3) is 0 Å². The summed E-state index contributed by atoms with van der Waals surface area (Å²) in [4.78, 5) is 0. The Kier molecular flexibility index (Phi) is 3.21. The number of hydrogen-bond acceptors (Lipinski definition) is 1. The number of rotatable bonds is 3. The maximum Gasteiger partial charge on any atom is 0.184 e. The minimum Gasteiger partial charge on any atom is -0.411 e. The van der Waals surface area contributed by atoms with Crippen molar-refractivity contribution < 1.29 is 4.43 Å². The molecule has 17 heavy (non-hydrogen) atoms. The van der Waals surface area contributed by atoms with Gasteiger partial charge in [0.2, 0.25) is 0 Å². The van der Waals surface area contributed by atoms with E-state index in [2.05, 4.69) is 57.8 Å². The average Bonchev–Trinajstić information content (AvgIpc) is 2.53. The molecule has 1 aromatic rings. The van der Waals surface area contributed by atoms with Crippen LogP contribution in [0.4, 0.5) is 0 Å². The maximum atomic E-state index is 6.57. The Hall–Kier alpha value is -0.603. The standard InChI is InChI=1S/C15H24OSi/c1-12(2)15(16-17(3,4)5)10-13-8-6-7-9-14(13)11-15/h6-9,12H,10-11H2,1-5H3. The summed E-state index contributed by atoms with van der Waals surface area (Å²) in [6.07, 6.45) is 2.18. The fourth-order valence-electron chi connectivity index (χ4n) is 2.82. The van der Waals surface area contributed by atoms with E-state index in [1.165, 1.54) is 11.1 Å². The molecule has 2 heteroatoms. The van der Waals surface area contributed by atoms with Crippen LogP contribution in [-0.2, 0) is 17.3 Å². The SMILES string of the molecule is CC(C)C1(O[Si](C)(C)C)Cc2ccccc2C1. The second-order valence-corrected chi connectivity index (χ2v) is 11.0. The molecule has 0 N–H and O–H groups in total. The van der Waals surface area contributed by atoms with Crippen molar-refractivity contribution >= 4 is 8.32 Å². The first-order valence-corrected chi connectivity index (χ1v) is 10.0. The van der Waals surface area contributed by atoms with Gasteiger partial charge in [-0.05, 0) is 36.7 Å². The molecule has 0 spiro atoms. The third-order valence-corrected chi connectivity index (χ3v) is 4.68. The van der Waals surface area contributed by atoms with Gasteiger partial charge in [0.05, 0.1) is 5.60 Å². The summed E-state index contributed by atoms with van der Waals surface area (Å²) in [7, 11) is -1.50. The molecule has 0 radical (unpaired) electrons. The number of hydrogen-bond donors (Lipinski definition) is 0. The largest absolute Gasteiger partial charge is 0.411 e. The Bertz CT molecular complexity index is 379. The highest BCUT2D eigenvalue weighted by Crippen LogP contribution is 2.40. The molecule has 2 rings (SSSR count). The second kappa shape index (κ2) is 4.25. The average molecular weight is 248 g/mol. The highest BCUT2D eigenvalue weighted by Gasteiger charge is 2.43.